The summed E-state index contributed by atoms with van der Waals surface area (Å²) in [6.45, 7) is 0. The first-order chi connectivity index (χ1) is 6.98. The Labute approximate surface area is 91.7 Å². The molecule has 6 heteroatoms. The first-order valence-electron chi connectivity index (χ1n) is 4.05. The first kappa shape index (κ1) is 10.4. The predicted molar refractivity (Wildman–Crippen MR) is 58.1 cm³/mol. The number of sulfonamides is 1. The maximum Gasteiger partial charge on any atom is 0.238 e. The summed E-state index contributed by atoms with van der Waals surface area (Å²) in [4.78, 5) is 3.89. The highest BCUT2D eigenvalue weighted by atomic mass is 35.5. The minimum absolute atomic E-state index is 0.0323. The zero-order valence-electron chi connectivity index (χ0n) is 7.51. The van der Waals surface area contributed by atoms with E-state index in [4.69, 9.17) is 16.7 Å². The maximum absolute atomic E-state index is 11.1. The van der Waals surface area contributed by atoms with Gasteiger partial charge in [-0.2, -0.15) is 0 Å². The van der Waals surface area contributed by atoms with Gasteiger partial charge in [-0.1, -0.05) is 17.7 Å². The normalized spacial score (nSPS) is 11.9. The number of hydrogen-bond acceptors (Lipinski definition) is 3. The van der Waals surface area contributed by atoms with Gasteiger partial charge in [0.1, 0.15) is 5.15 Å². The van der Waals surface area contributed by atoms with Crippen LogP contribution >= 0.6 is 11.6 Å². The zero-order chi connectivity index (χ0) is 11.1. The van der Waals surface area contributed by atoms with Crippen LogP contribution in [0.5, 0.6) is 0 Å². The number of hydrogen-bond donors (Lipinski definition) is 1. The second-order valence-corrected chi connectivity index (χ2v) is 4.95. The molecule has 78 valence electrons. The van der Waals surface area contributed by atoms with Crippen LogP contribution in [0.4, 0.5) is 0 Å². The molecular weight excluding hydrogens is 236 g/mol. The molecule has 2 rings (SSSR count). The molecule has 0 aliphatic carbocycles. The highest BCUT2D eigenvalue weighted by molar-refractivity contribution is 7.89. The molecule has 0 aliphatic rings. The van der Waals surface area contributed by atoms with Crippen LogP contribution < -0.4 is 5.14 Å². The fourth-order valence-corrected chi connectivity index (χ4v) is 2.05. The summed E-state index contributed by atoms with van der Waals surface area (Å²) < 4.78 is 22.2. The van der Waals surface area contributed by atoms with E-state index in [0.717, 1.165) is 5.39 Å². The van der Waals surface area contributed by atoms with Crippen molar-refractivity contribution in [3.05, 3.63) is 35.6 Å². The Bertz CT molecular complexity index is 625. The van der Waals surface area contributed by atoms with Crippen LogP contribution in [0.15, 0.2) is 35.4 Å². The third-order valence-electron chi connectivity index (χ3n) is 2.02. The molecule has 0 amide bonds. The van der Waals surface area contributed by atoms with Gasteiger partial charge in [-0.25, -0.2) is 18.5 Å². The average molecular weight is 243 g/mol. The van der Waals surface area contributed by atoms with Crippen LogP contribution in [0, 0.1) is 0 Å². The van der Waals surface area contributed by atoms with Crippen molar-refractivity contribution in [1.29, 1.82) is 0 Å². The highest BCUT2D eigenvalue weighted by Gasteiger charge is 2.09. The smallest absolute Gasteiger partial charge is 0.238 e. The van der Waals surface area contributed by atoms with Crippen LogP contribution in [0.25, 0.3) is 10.8 Å². The molecule has 1 aromatic heterocycles. The molecule has 0 fully saturated rings. The van der Waals surface area contributed by atoms with E-state index in [1.54, 1.807) is 18.3 Å². The van der Waals surface area contributed by atoms with Crippen LogP contribution in [0.3, 0.4) is 0 Å². The van der Waals surface area contributed by atoms with E-state index in [0.29, 0.717) is 5.39 Å². The van der Waals surface area contributed by atoms with Crippen LogP contribution in [0.1, 0.15) is 0 Å². The number of benzene rings is 1. The Kier molecular flexibility index (Phi) is 2.38. The summed E-state index contributed by atoms with van der Waals surface area (Å²) in [5.41, 5.74) is 0. The third kappa shape index (κ3) is 1.94. The van der Waals surface area contributed by atoms with Gasteiger partial charge < -0.3 is 0 Å². The molecule has 0 atom stereocenters. The monoisotopic (exact) mass is 242 g/mol. The van der Waals surface area contributed by atoms with Crippen molar-refractivity contribution in [2.75, 3.05) is 0 Å². The van der Waals surface area contributed by atoms with Gasteiger partial charge in [0, 0.05) is 11.6 Å². The molecule has 0 spiro atoms. The van der Waals surface area contributed by atoms with Gasteiger partial charge in [-0.15, -0.1) is 0 Å². The van der Waals surface area contributed by atoms with E-state index in [-0.39, 0.29) is 10.0 Å². The predicted octanol–water partition coefficient (Wildman–Crippen LogP) is 1.54. The maximum atomic E-state index is 11.1. The van der Waals surface area contributed by atoms with E-state index < -0.39 is 10.0 Å². The van der Waals surface area contributed by atoms with Gasteiger partial charge in [-0.3, -0.25) is 0 Å². The molecule has 0 unspecified atom stereocenters. The lowest BCUT2D eigenvalue weighted by atomic mass is 10.2. The number of fused-ring (bicyclic) bond motifs is 1. The topological polar surface area (TPSA) is 73.1 Å². The summed E-state index contributed by atoms with van der Waals surface area (Å²) in [5, 5.41) is 6.67. The molecular formula is C9H7ClN2O2S. The molecule has 2 N–H and O–H groups in total. The minimum atomic E-state index is -3.70. The average Bonchev–Trinajstić information content (AvgIpc) is 2.16. The molecule has 4 nitrogen and oxygen atoms in total. The van der Waals surface area contributed by atoms with Crippen LogP contribution in [-0.2, 0) is 10.0 Å². The Morgan fingerprint density at radius 3 is 2.67 bits per heavy atom. The molecule has 0 saturated carbocycles. The largest absolute Gasteiger partial charge is 0.244 e. The van der Waals surface area contributed by atoms with Crippen molar-refractivity contribution in [3.8, 4) is 0 Å². The number of rotatable bonds is 1. The second kappa shape index (κ2) is 3.44. The van der Waals surface area contributed by atoms with Crippen molar-refractivity contribution < 1.29 is 8.42 Å². The first-order valence-corrected chi connectivity index (χ1v) is 5.98. The molecule has 0 aliphatic heterocycles. The SMILES string of the molecule is NS(=O)(=O)c1ccc2ccnc(Cl)c2c1. The van der Waals surface area contributed by atoms with Gasteiger partial charge >= 0.3 is 0 Å². The summed E-state index contributed by atoms with van der Waals surface area (Å²) >= 11 is 5.83. The van der Waals surface area contributed by atoms with E-state index in [1.165, 1.54) is 12.1 Å². The number of aromatic nitrogens is 1. The van der Waals surface area contributed by atoms with E-state index in [2.05, 4.69) is 4.98 Å². The Morgan fingerprint density at radius 2 is 2.00 bits per heavy atom. The van der Waals surface area contributed by atoms with Crippen LogP contribution in [-0.4, -0.2) is 13.4 Å². The van der Waals surface area contributed by atoms with Crippen molar-refractivity contribution in [3.63, 3.8) is 0 Å². The van der Waals surface area contributed by atoms with Gasteiger partial charge in [-0.05, 0) is 23.6 Å². The summed E-state index contributed by atoms with van der Waals surface area (Å²) in [6, 6.07) is 6.24. The minimum Gasteiger partial charge on any atom is -0.244 e. The number of halogens is 1. The van der Waals surface area contributed by atoms with Gasteiger partial charge in [0.05, 0.1) is 4.90 Å². The fraction of sp³-hybridized carbons (Fsp3) is 0. The molecule has 15 heavy (non-hydrogen) atoms. The highest BCUT2D eigenvalue weighted by Crippen LogP contribution is 2.23. The molecule has 1 aromatic carbocycles. The quantitative estimate of drug-likeness (QED) is 0.771. The number of primary sulfonamides is 1. The van der Waals surface area contributed by atoms with Gasteiger partial charge in [0.25, 0.3) is 0 Å². The lowest BCUT2D eigenvalue weighted by molar-refractivity contribution is 0.598. The standard InChI is InChI=1S/C9H7ClN2O2S/c10-9-8-5-7(15(11,13)14)2-1-6(8)3-4-12-9/h1-5H,(H2,11,13,14). The third-order valence-corrected chi connectivity index (χ3v) is 3.23. The fourth-order valence-electron chi connectivity index (χ4n) is 1.29. The lowest BCUT2D eigenvalue weighted by Crippen LogP contribution is -2.11. The van der Waals surface area contributed by atoms with Crippen molar-refractivity contribution in [2.24, 2.45) is 5.14 Å². The number of nitrogens with two attached hydrogens (primary N) is 1. The molecule has 0 bridgehead atoms. The van der Waals surface area contributed by atoms with E-state index >= 15 is 0 Å². The Balaban J connectivity index is 2.81. The number of nitrogens with zero attached hydrogens (tertiary/aromatic N) is 1. The van der Waals surface area contributed by atoms with Crippen LogP contribution in [0.2, 0.25) is 5.15 Å². The number of pyridine rings is 1. The van der Waals surface area contributed by atoms with Gasteiger partial charge in [0.2, 0.25) is 10.0 Å². The molecule has 0 radical (unpaired) electrons. The summed E-state index contributed by atoms with van der Waals surface area (Å²) in [6.07, 6.45) is 1.56. The lowest BCUT2D eigenvalue weighted by Gasteiger charge is -2.02. The molecule has 1 heterocycles. The second-order valence-electron chi connectivity index (χ2n) is 3.03. The molecule has 2 aromatic rings. The summed E-state index contributed by atoms with van der Waals surface area (Å²) in [5.74, 6) is 0. The van der Waals surface area contributed by atoms with Gasteiger partial charge in [0.15, 0.2) is 0 Å². The van der Waals surface area contributed by atoms with E-state index in [1.807, 2.05) is 0 Å². The van der Waals surface area contributed by atoms with Crippen molar-refractivity contribution in [2.45, 2.75) is 4.90 Å². The summed E-state index contributed by atoms with van der Waals surface area (Å²) in [7, 11) is -3.70. The molecule has 0 saturated heterocycles. The van der Waals surface area contributed by atoms with Crippen molar-refractivity contribution in [1.82, 2.24) is 4.98 Å². The van der Waals surface area contributed by atoms with E-state index in [9.17, 15) is 8.42 Å². The Hall–Kier alpha value is -1.17. The Morgan fingerprint density at radius 1 is 1.27 bits per heavy atom. The van der Waals surface area contributed by atoms with Crippen molar-refractivity contribution >= 4 is 32.4 Å². The zero-order valence-corrected chi connectivity index (χ0v) is 9.09.